The van der Waals surface area contributed by atoms with E-state index in [0.717, 1.165) is 18.4 Å². The summed E-state index contributed by atoms with van der Waals surface area (Å²) in [6.45, 7) is 2.26. The fourth-order valence-electron chi connectivity index (χ4n) is 2.70. The number of nitrogens with one attached hydrogen (secondary N) is 3. The van der Waals surface area contributed by atoms with Crippen molar-refractivity contribution >= 4 is 17.8 Å². The number of carbonyl (C=O) groups is 2. The van der Waals surface area contributed by atoms with Crippen molar-refractivity contribution in [2.24, 2.45) is 0 Å². The van der Waals surface area contributed by atoms with Gasteiger partial charge in [-0.25, -0.2) is 9.78 Å². The van der Waals surface area contributed by atoms with Gasteiger partial charge in [-0.2, -0.15) is 0 Å². The number of hydrogen-bond acceptors (Lipinski definition) is 3. The molecular formula is C17H26N4O2. The van der Waals surface area contributed by atoms with Crippen LogP contribution in [0.25, 0.3) is 0 Å². The molecule has 6 nitrogen and oxygen atoms in total. The second-order valence-corrected chi connectivity index (χ2v) is 6.11. The van der Waals surface area contributed by atoms with Crippen molar-refractivity contribution in [3.8, 4) is 0 Å². The Kier molecular flexibility index (Phi) is 6.84. The zero-order valence-electron chi connectivity index (χ0n) is 13.7. The van der Waals surface area contributed by atoms with Crippen LogP contribution in [0.5, 0.6) is 0 Å². The first-order chi connectivity index (χ1) is 11.1. The van der Waals surface area contributed by atoms with Gasteiger partial charge in [-0.05, 0) is 31.4 Å². The molecule has 2 rings (SSSR count). The summed E-state index contributed by atoms with van der Waals surface area (Å²) in [5.74, 6) is 0.375. The van der Waals surface area contributed by atoms with Gasteiger partial charge in [0.1, 0.15) is 5.82 Å². The predicted molar refractivity (Wildman–Crippen MR) is 90.2 cm³/mol. The SMILES string of the molecule is Cc1ccc(NC(=O)CCNC(=O)NC2CCCCCC2)nc1. The zero-order valence-corrected chi connectivity index (χ0v) is 13.7. The van der Waals surface area contributed by atoms with E-state index in [1.165, 1.54) is 25.7 Å². The van der Waals surface area contributed by atoms with Crippen molar-refractivity contribution in [1.29, 1.82) is 0 Å². The summed E-state index contributed by atoms with van der Waals surface area (Å²) in [4.78, 5) is 27.7. The second kappa shape index (κ2) is 9.12. The molecule has 0 spiro atoms. The Morgan fingerprint density at radius 2 is 1.91 bits per heavy atom. The molecule has 0 atom stereocenters. The number of rotatable bonds is 5. The number of pyridine rings is 1. The van der Waals surface area contributed by atoms with Gasteiger partial charge in [-0.1, -0.05) is 31.7 Å². The molecule has 1 aromatic heterocycles. The Morgan fingerprint density at radius 1 is 1.17 bits per heavy atom. The van der Waals surface area contributed by atoms with E-state index in [2.05, 4.69) is 20.9 Å². The third-order valence-electron chi connectivity index (χ3n) is 4.01. The van der Waals surface area contributed by atoms with E-state index in [1.54, 1.807) is 12.3 Å². The Labute approximate surface area is 137 Å². The summed E-state index contributed by atoms with van der Waals surface area (Å²) < 4.78 is 0. The van der Waals surface area contributed by atoms with Crippen molar-refractivity contribution in [3.05, 3.63) is 23.9 Å². The molecule has 1 aliphatic rings. The van der Waals surface area contributed by atoms with Gasteiger partial charge in [0.2, 0.25) is 5.91 Å². The smallest absolute Gasteiger partial charge is 0.315 e. The molecule has 1 saturated carbocycles. The van der Waals surface area contributed by atoms with Crippen LogP contribution in [0.2, 0.25) is 0 Å². The zero-order chi connectivity index (χ0) is 16.5. The third kappa shape index (κ3) is 6.67. The molecule has 0 saturated heterocycles. The highest BCUT2D eigenvalue weighted by Crippen LogP contribution is 2.16. The van der Waals surface area contributed by atoms with Crippen molar-refractivity contribution in [1.82, 2.24) is 15.6 Å². The normalized spacial score (nSPS) is 15.5. The lowest BCUT2D eigenvalue weighted by Gasteiger charge is -2.16. The molecule has 1 heterocycles. The molecule has 0 bridgehead atoms. The van der Waals surface area contributed by atoms with Gasteiger partial charge in [0.25, 0.3) is 0 Å². The maximum Gasteiger partial charge on any atom is 0.315 e. The van der Waals surface area contributed by atoms with E-state index in [1.807, 2.05) is 13.0 Å². The van der Waals surface area contributed by atoms with Crippen LogP contribution in [-0.4, -0.2) is 29.5 Å². The molecule has 0 unspecified atom stereocenters. The molecule has 0 aromatic carbocycles. The first kappa shape index (κ1) is 17.2. The minimum atomic E-state index is -0.182. The lowest BCUT2D eigenvalue weighted by molar-refractivity contribution is -0.116. The van der Waals surface area contributed by atoms with Crippen LogP contribution in [0, 0.1) is 6.92 Å². The molecule has 126 valence electrons. The fraction of sp³-hybridized carbons (Fsp3) is 0.588. The topological polar surface area (TPSA) is 83.1 Å². The van der Waals surface area contributed by atoms with Gasteiger partial charge in [-0.15, -0.1) is 0 Å². The Balaban J connectivity index is 1.62. The van der Waals surface area contributed by atoms with Gasteiger partial charge in [0.15, 0.2) is 0 Å². The van der Waals surface area contributed by atoms with Crippen molar-refractivity contribution in [3.63, 3.8) is 0 Å². The number of urea groups is 1. The number of aryl methyl sites for hydroxylation is 1. The summed E-state index contributed by atoms with van der Waals surface area (Å²) in [6.07, 6.45) is 8.90. The summed E-state index contributed by atoms with van der Waals surface area (Å²) in [5, 5.41) is 8.45. The Bertz CT molecular complexity index is 508. The second-order valence-electron chi connectivity index (χ2n) is 6.11. The van der Waals surface area contributed by atoms with Crippen LogP contribution in [0.3, 0.4) is 0 Å². The van der Waals surface area contributed by atoms with Crippen LogP contribution in [0.15, 0.2) is 18.3 Å². The average Bonchev–Trinajstić information content (AvgIpc) is 2.78. The number of carbonyl (C=O) groups excluding carboxylic acids is 2. The number of anilines is 1. The van der Waals surface area contributed by atoms with Gasteiger partial charge in [0, 0.05) is 25.2 Å². The number of aromatic nitrogens is 1. The predicted octanol–water partition coefficient (Wildman–Crippen LogP) is 2.74. The first-order valence-electron chi connectivity index (χ1n) is 8.40. The molecular weight excluding hydrogens is 292 g/mol. The highest BCUT2D eigenvalue weighted by Gasteiger charge is 2.14. The number of nitrogens with zero attached hydrogens (tertiary/aromatic N) is 1. The first-order valence-corrected chi connectivity index (χ1v) is 8.40. The highest BCUT2D eigenvalue weighted by atomic mass is 16.2. The van der Waals surface area contributed by atoms with Crippen molar-refractivity contribution < 1.29 is 9.59 Å². The molecule has 3 N–H and O–H groups in total. The van der Waals surface area contributed by atoms with Crippen LogP contribution < -0.4 is 16.0 Å². The lowest BCUT2D eigenvalue weighted by Crippen LogP contribution is -2.42. The van der Waals surface area contributed by atoms with E-state index in [4.69, 9.17) is 0 Å². The Hall–Kier alpha value is -2.11. The summed E-state index contributed by atoms with van der Waals surface area (Å²) >= 11 is 0. The summed E-state index contributed by atoms with van der Waals surface area (Å²) in [7, 11) is 0. The van der Waals surface area contributed by atoms with Crippen molar-refractivity contribution in [2.45, 2.75) is 57.9 Å². The minimum absolute atomic E-state index is 0.156. The monoisotopic (exact) mass is 318 g/mol. The number of hydrogen-bond donors (Lipinski definition) is 3. The molecule has 0 aliphatic heterocycles. The third-order valence-corrected chi connectivity index (χ3v) is 4.01. The fourth-order valence-corrected chi connectivity index (χ4v) is 2.70. The molecule has 1 aliphatic carbocycles. The quantitative estimate of drug-likeness (QED) is 0.730. The number of amides is 3. The summed E-state index contributed by atoms with van der Waals surface area (Å²) in [5.41, 5.74) is 1.04. The molecule has 3 amide bonds. The Morgan fingerprint density at radius 3 is 2.57 bits per heavy atom. The minimum Gasteiger partial charge on any atom is -0.338 e. The largest absolute Gasteiger partial charge is 0.338 e. The van der Waals surface area contributed by atoms with Crippen molar-refractivity contribution in [2.75, 3.05) is 11.9 Å². The van der Waals surface area contributed by atoms with Crippen LogP contribution in [-0.2, 0) is 4.79 Å². The maximum absolute atomic E-state index is 11.8. The van der Waals surface area contributed by atoms with Gasteiger partial charge in [0.05, 0.1) is 0 Å². The highest BCUT2D eigenvalue weighted by molar-refractivity contribution is 5.90. The maximum atomic E-state index is 11.8. The molecule has 6 heteroatoms. The van der Waals surface area contributed by atoms with Crippen LogP contribution >= 0.6 is 0 Å². The van der Waals surface area contributed by atoms with Gasteiger partial charge < -0.3 is 16.0 Å². The van der Waals surface area contributed by atoms with E-state index in [9.17, 15) is 9.59 Å². The van der Waals surface area contributed by atoms with E-state index >= 15 is 0 Å². The van der Waals surface area contributed by atoms with Gasteiger partial charge in [-0.3, -0.25) is 4.79 Å². The van der Waals surface area contributed by atoms with Crippen LogP contribution in [0.4, 0.5) is 10.6 Å². The molecule has 23 heavy (non-hydrogen) atoms. The average molecular weight is 318 g/mol. The van der Waals surface area contributed by atoms with E-state index in [0.29, 0.717) is 12.4 Å². The standard InChI is InChI=1S/C17H26N4O2/c1-13-8-9-15(19-12-13)21-16(22)10-11-18-17(23)20-14-6-4-2-3-5-7-14/h8-9,12,14H,2-7,10-11H2,1H3,(H2,18,20,23)(H,19,21,22). The molecule has 0 radical (unpaired) electrons. The molecule has 1 fully saturated rings. The lowest BCUT2D eigenvalue weighted by atomic mass is 10.1. The molecule has 1 aromatic rings. The van der Waals surface area contributed by atoms with Gasteiger partial charge >= 0.3 is 6.03 Å². The van der Waals surface area contributed by atoms with E-state index < -0.39 is 0 Å². The van der Waals surface area contributed by atoms with Crippen LogP contribution in [0.1, 0.15) is 50.5 Å². The summed E-state index contributed by atoms with van der Waals surface area (Å²) in [6, 6.07) is 3.74. The van der Waals surface area contributed by atoms with E-state index in [-0.39, 0.29) is 24.4 Å².